The second-order valence-electron chi connectivity index (χ2n) is 11.2. The van der Waals surface area contributed by atoms with E-state index in [1.165, 1.54) is 10.5 Å². The molecular weight excluding hydrogens is 528 g/mol. The number of allylic oxidation sites excluding steroid dienone is 3. The maximum Gasteiger partial charge on any atom is 0.252 e. The number of carbonyl (C=O) groups is 2. The zero-order chi connectivity index (χ0) is 29.9. The summed E-state index contributed by atoms with van der Waals surface area (Å²) < 4.78 is 2.35. The molecule has 1 atom stereocenters. The maximum absolute atomic E-state index is 13.5. The Balaban J connectivity index is 1.83. The van der Waals surface area contributed by atoms with E-state index in [1.807, 2.05) is 38.2 Å². The summed E-state index contributed by atoms with van der Waals surface area (Å²) in [4.78, 5) is 35.0. The van der Waals surface area contributed by atoms with Crippen LogP contribution < -0.4 is 5.32 Å². The van der Waals surface area contributed by atoms with E-state index < -0.39 is 6.04 Å². The van der Waals surface area contributed by atoms with Crippen LogP contribution in [0.4, 0.5) is 0 Å². The van der Waals surface area contributed by atoms with Crippen LogP contribution >= 0.6 is 11.3 Å². The average Bonchev–Trinajstić information content (AvgIpc) is 3.59. The summed E-state index contributed by atoms with van der Waals surface area (Å²) in [6, 6.07) is 9.74. The number of imidazole rings is 1. The fourth-order valence-corrected chi connectivity index (χ4v) is 6.08. The summed E-state index contributed by atoms with van der Waals surface area (Å²) in [7, 11) is 1.83. The Morgan fingerprint density at radius 1 is 1.15 bits per heavy atom. The topological polar surface area (TPSA) is 67.2 Å². The summed E-state index contributed by atoms with van der Waals surface area (Å²) in [6.07, 6.45) is 11.4. The van der Waals surface area contributed by atoms with E-state index in [-0.39, 0.29) is 17.7 Å². The van der Waals surface area contributed by atoms with Crippen molar-refractivity contribution in [3.05, 3.63) is 75.8 Å². The summed E-state index contributed by atoms with van der Waals surface area (Å²) in [5.74, 6) is 0.990. The largest absolute Gasteiger partial charge is 0.344 e. The Morgan fingerprint density at radius 3 is 2.51 bits per heavy atom. The lowest BCUT2D eigenvalue weighted by molar-refractivity contribution is -0.132. The SMILES string of the molecule is C/C=C\C(=C/CC)CCN(C)C(=O)[C@H](CC(C)C)NC(=O)c1ccc2c(c1)nc(Cc1cccs1)n2C(CC)CC. The highest BCUT2D eigenvalue weighted by Crippen LogP contribution is 2.28. The van der Waals surface area contributed by atoms with E-state index in [9.17, 15) is 9.59 Å². The molecule has 1 aromatic carbocycles. The number of rotatable bonds is 15. The molecule has 2 amide bonds. The third kappa shape index (κ3) is 8.65. The summed E-state index contributed by atoms with van der Waals surface area (Å²) in [6.45, 7) is 13.3. The van der Waals surface area contributed by atoms with E-state index >= 15 is 0 Å². The first-order valence-corrected chi connectivity index (χ1v) is 16.0. The van der Waals surface area contributed by atoms with Crippen molar-refractivity contribution >= 4 is 34.2 Å². The summed E-state index contributed by atoms with van der Waals surface area (Å²) in [5, 5.41) is 5.15. The number of aromatic nitrogens is 2. The smallest absolute Gasteiger partial charge is 0.252 e. The van der Waals surface area contributed by atoms with Gasteiger partial charge in [-0.3, -0.25) is 9.59 Å². The van der Waals surface area contributed by atoms with Crippen molar-refractivity contribution in [2.75, 3.05) is 13.6 Å². The third-order valence-corrected chi connectivity index (χ3v) is 8.39. The molecule has 0 spiro atoms. The lowest BCUT2D eigenvalue weighted by Crippen LogP contribution is -2.48. The van der Waals surface area contributed by atoms with Crippen LogP contribution in [0.5, 0.6) is 0 Å². The van der Waals surface area contributed by atoms with Crippen molar-refractivity contribution < 1.29 is 9.59 Å². The van der Waals surface area contributed by atoms with Gasteiger partial charge < -0.3 is 14.8 Å². The molecule has 0 aliphatic rings. The van der Waals surface area contributed by atoms with Crippen LogP contribution in [0.1, 0.15) is 101 Å². The Hall–Kier alpha value is -3.19. The highest BCUT2D eigenvalue weighted by Gasteiger charge is 2.26. The Kier molecular flexibility index (Phi) is 12.4. The van der Waals surface area contributed by atoms with Gasteiger partial charge in [-0.2, -0.15) is 0 Å². The molecule has 3 aromatic rings. The van der Waals surface area contributed by atoms with Crippen LogP contribution in [-0.2, 0) is 11.2 Å². The van der Waals surface area contributed by atoms with E-state index in [4.69, 9.17) is 4.98 Å². The molecule has 0 saturated heterocycles. The number of benzene rings is 1. The monoisotopic (exact) mass is 576 g/mol. The van der Waals surface area contributed by atoms with Crippen molar-refractivity contribution in [1.29, 1.82) is 0 Å². The molecule has 1 N–H and O–H groups in total. The molecule has 0 aliphatic heterocycles. The van der Waals surface area contributed by atoms with Crippen molar-refractivity contribution in [2.24, 2.45) is 5.92 Å². The zero-order valence-electron chi connectivity index (χ0n) is 25.9. The Bertz CT molecular complexity index is 1330. The number of nitrogens with zero attached hydrogens (tertiary/aromatic N) is 3. The summed E-state index contributed by atoms with van der Waals surface area (Å²) in [5.41, 5.74) is 3.62. The quantitative estimate of drug-likeness (QED) is 0.187. The fraction of sp³-hybridized carbons (Fsp3) is 0.500. The number of fused-ring (bicyclic) bond motifs is 1. The molecule has 3 rings (SSSR count). The number of nitrogens with one attached hydrogen (secondary N) is 1. The summed E-state index contributed by atoms with van der Waals surface area (Å²) >= 11 is 1.74. The first-order valence-electron chi connectivity index (χ1n) is 15.1. The first-order chi connectivity index (χ1) is 19.7. The van der Waals surface area contributed by atoms with Gasteiger partial charge in [-0.05, 0) is 74.6 Å². The van der Waals surface area contributed by atoms with E-state index in [1.54, 1.807) is 16.2 Å². The van der Waals surface area contributed by atoms with E-state index in [0.717, 1.165) is 49.0 Å². The van der Waals surface area contributed by atoms with Crippen LogP contribution in [0.25, 0.3) is 11.0 Å². The third-order valence-electron chi connectivity index (χ3n) is 7.51. The van der Waals surface area contributed by atoms with Gasteiger partial charge in [0, 0.05) is 36.5 Å². The molecule has 0 saturated carbocycles. The standard InChI is InChI=1S/C34H48N4O2S/c1-8-13-25(14-9-2)18-19-37(7)34(40)30(21-24(5)6)36-33(39)26-16-17-31-29(22-26)35-32(23-28-15-12-20-41-28)38(31)27(10-3)11-4/h8,12-17,20,22,24,27,30H,9-11,18-19,21,23H2,1-7H3,(H,36,39)/b13-8-,25-14+/t30-/m0/s1. The highest BCUT2D eigenvalue weighted by molar-refractivity contribution is 7.09. The maximum atomic E-state index is 13.5. The molecular formula is C34H48N4O2S. The van der Waals surface area contributed by atoms with Gasteiger partial charge in [-0.15, -0.1) is 11.3 Å². The van der Waals surface area contributed by atoms with Gasteiger partial charge in [0.1, 0.15) is 11.9 Å². The molecule has 41 heavy (non-hydrogen) atoms. The van der Waals surface area contributed by atoms with Crippen LogP contribution in [0.3, 0.4) is 0 Å². The molecule has 7 heteroatoms. The molecule has 0 unspecified atom stereocenters. The zero-order valence-corrected chi connectivity index (χ0v) is 26.8. The van der Waals surface area contributed by atoms with Crippen LogP contribution in [0, 0.1) is 5.92 Å². The fourth-order valence-electron chi connectivity index (χ4n) is 5.38. The van der Waals surface area contributed by atoms with E-state index in [2.05, 4.69) is 74.2 Å². The highest BCUT2D eigenvalue weighted by atomic mass is 32.1. The Labute approximate surface area is 250 Å². The lowest BCUT2D eigenvalue weighted by Gasteiger charge is -2.26. The number of amides is 2. The second-order valence-corrected chi connectivity index (χ2v) is 12.2. The molecule has 222 valence electrons. The molecule has 0 bridgehead atoms. The van der Waals surface area contributed by atoms with Crippen LogP contribution in [-0.4, -0.2) is 45.9 Å². The van der Waals surface area contributed by atoms with Gasteiger partial charge >= 0.3 is 0 Å². The molecule has 0 radical (unpaired) electrons. The molecule has 0 fully saturated rings. The normalized spacial score (nSPS) is 13.0. The predicted molar refractivity (Wildman–Crippen MR) is 173 cm³/mol. The van der Waals surface area contributed by atoms with Gasteiger partial charge in [-0.1, -0.05) is 64.5 Å². The number of thiophene rings is 1. The second kappa shape index (κ2) is 15.7. The predicted octanol–water partition coefficient (Wildman–Crippen LogP) is 7.96. The van der Waals surface area contributed by atoms with Crippen molar-refractivity contribution in [1.82, 2.24) is 19.8 Å². The van der Waals surface area contributed by atoms with Gasteiger partial charge in [0.25, 0.3) is 5.91 Å². The van der Waals surface area contributed by atoms with Crippen molar-refractivity contribution in [2.45, 2.75) is 92.2 Å². The first kappa shape index (κ1) is 32.3. The number of carbonyl (C=O) groups excluding carboxylic acids is 2. The minimum absolute atomic E-state index is 0.0549. The number of hydrogen-bond acceptors (Lipinski definition) is 4. The van der Waals surface area contributed by atoms with Gasteiger partial charge in [-0.25, -0.2) is 4.98 Å². The van der Waals surface area contributed by atoms with Gasteiger partial charge in [0.15, 0.2) is 0 Å². The molecule has 0 aliphatic carbocycles. The molecule has 6 nitrogen and oxygen atoms in total. The van der Waals surface area contributed by atoms with Gasteiger partial charge in [0.05, 0.1) is 11.0 Å². The van der Waals surface area contributed by atoms with Crippen molar-refractivity contribution in [3.63, 3.8) is 0 Å². The minimum Gasteiger partial charge on any atom is -0.344 e. The van der Waals surface area contributed by atoms with Crippen LogP contribution in [0.2, 0.25) is 0 Å². The Morgan fingerprint density at radius 2 is 1.90 bits per heavy atom. The van der Waals surface area contributed by atoms with Gasteiger partial charge in [0.2, 0.25) is 5.91 Å². The number of hydrogen-bond donors (Lipinski definition) is 1. The average molecular weight is 577 g/mol. The van der Waals surface area contributed by atoms with E-state index in [0.29, 0.717) is 24.6 Å². The minimum atomic E-state index is -0.583. The lowest BCUT2D eigenvalue weighted by atomic mass is 10.0. The molecule has 2 heterocycles. The number of likely N-dealkylation sites (N-methyl/N-ethyl adjacent to an activating group) is 1. The van der Waals surface area contributed by atoms with Crippen LogP contribution in [0.15, 0.2) is 59.5 Å². The van der Waals surface area contributed by atoms with Crippen molar-refractivity contribution in [3.8, 4) is 0 Å². The molecule has 2 aromatic heterocycles.